The third kappa shape index (κ3) is 2.23. The normalized spacial score (nSPS) is 35.8. The molecule has 2 heteroatoms. The van der Waals surface area contributed by atoms with Crippen molar-refractivity contribution >= 4 is 0 Å². The summed E-state index contributed by atoms with van der Waals surface area (Å²) in [7, 11) is 0. The van der Waals surface area contributed by atoms with Crippen LogP contribution in [0.1, 0.15) is 44.9 Å². The van der Waals surface area contributed by atoms with Gasteiger partial charge in [0.05, 0.1) is 0 Å². The Labute approximate surface area is 80.7 Å². The maximum atomic E-state index is 9.23. The van der Waals surface area contributed by atoms with E-state index in [0.29, 0.717) is 18.6 Å². The van der Waals surface area contributed by atoms with Gasteiger partial charge < -0.3 is 10.4 Å². The Kier molecular flexibility index (Phi) is 3.23. The molecule has 2 nitrogen and oxygen atoms in total. The van der Waals surface area contributed by atoms with Crippen LogP contribution < -0.4 is 5.32 Å². The molecule has 0 heterocycles. The average molecular weight is 183 g/mol. The summed E-state index contributed by atoms with van der Waals surface area (Å²) in [5, 5.41) is 12.9. The van der Waals surface area contributed by atoms with Gasteiger partial charge in [0.15, 0.2) is 0 Å². The Morgan fingerprint density at radius 3 is 2.38 bits per heavy atom. The number of hydrogen-bond donors (Lipinski definition) is 2. The lowest BCUT2D eigenvalue weighted by molar-refractivity contribution is 0.135. The van der Waals surface area contributed by atoms with E-state index in [1.54, 1.807) is 0 Å². The summed E-state index contributed by atoms with van der Waals surface area (Å²) >= 11 is 0. The van der Waals surface area contributed by atoms with Crippen LogP contribution >= 0.6 is 0 Å². The minimum Gasteiger partial charge on any atom is -0.396 e. The minimum atomic E-state index is 0.379. The highest BCUT2D eigenvalue weighted by molar-refractivity contribution is 4.86. The second kappa shape index (κ2) is 4.43. The van der Waals surface area contributed by atoms with Crippen LogP contribution in [0.3, 0.4) is 0 Å². The zero-order valence-electron chi connectivity index (χ0n) is 8.34. The van der Waals surface area contributed by atoms with E-state index in [9.17, 15) is 5.11 Å². The second-order valence-electron chi connectivity index (χ2n) is 4.63. The molecule has 0 aliphatic heterocycles. The molecule has 2 aliphatic carbocycles. The van der Waals surface area contributed by atoms with Gasteiger partial charge in [0.2, 0.25) is 0 Å². The standard InChI is InChI=1S/C11H21NO/c13-8-9-4-1-2-7-11(9)12-10-5-3-6-10/h9-13H,1-8H2. The van der Waals surface area contributed by atoms with Crippen LogP contribution in [-0.4, -0.2) is 23.8 Å². The van der Waals surface area contributed by atoms with Crippen molar-refractivity contribution < 1.29 is 5.11 Å². The fourth-order valence-corrected chi connectivity index (χ4v) is 2.52. The molecule has 0 saturated heterocycles. The first-order chi connectivity index (χ1) is 6.40. The third-order valence-electron chi connectivity index (χ3n) is 3.70. The van der Waals surface area contributed by atoms with E-state index in [1.165, 1.54) is 44.9 Å². The molecule has 0 aromatic heterocycles. The van der Waals surface area contributed by atoms with Crippen molar-refractivity contribution in [2.75, 3.05) is 6.61 Å². The molecule has 2 saturated carbocycles. The van der Waals surface area contributed by atoms with Crippen LogP contribution in [0.2, 0.25) is 0 Å². The summed E-state index contributed by atoms with van der Waals surface area (Å²) in [4.78, 5) is 0. The number of aliphatic hydroxyl groups excluding tert-OH is 1. The fraction of sp³-hybridized carbons (Fsp3) is 1.00. The van der Waals surface area contributed by atoms with Gasteiger partial charge in [-0.2, -0.15) is 0 Å². The van der Waals surface area contributed by atoms with Gasteiger partial charge in [-0.1, -0.05) is 19.3 Å². The molecule has 2 atom stereocenters. The summed E-state index contributed by atoms with van der Waals surface area (Å²) in [6, 6.07) is 1.39. The molecule has 0 bridgehead atoms. The molecule has 2 rings (SSSR count). The highest BCUT2D eigenvalue weighted by atomic mass is 16.3. The van der Waals surface area contributed by atoms with Gasteiger partial charge in [-0.15, -0.1) is 0 Å². The first-order valence-electron chi connectivity index (χ1n) is 5.77. The Hall–Kier alpha value is -0.0800. The van der Waals surface area contributed by atoms with Crippen LogP contribution in [0.15, 0.2) is 0 Å². The molecular weight excluding hydrogens is 162 g/mol. The molecule has 0 amide bonds. The molecule has 0 radical (unpaired) electrons. The zero-order chi connectivity index (χ0) is 9.10. The monoisotopic (exact) mass is 183 g/mol. The Morgan fingerprint density at radius 2 is 1.77 bits per heavy atom. The van der Waals surface area contributed by atoms with E-state index in [1.807, 2.05) is 0 Å². The Balaban J connectivity index is 1.79. The maximum absolute atomic E-state index is 9.23. The smallest absolute Gasteiger partial charge is 0.0474 e. The van der Waals surface area contributed by atoms with Gasteiger partial charge in [-0.05, 0) is 31.6 Å². The summed E-state index contributed by atoms with van der Waals surface area (Å²) in [6.45, 7) is 0.379. The molecule has 2 N–H and O–H groups in total. The van der Waals surface area contributed by atoms with Gasteiger partial charge in [-0.3, -0.25) is 0 Å². The Bertz CT molecular complexity index is 156. The van der Waals surface area contributed by atoms with Gasteiger partial charge in [0.25, 0.3) is 0 Å². The van der Waals surface area contributed by atoms with Crippen LogP contribution in [0.5, 0.6) is 0 Å². The van der Waals surface area contributed by atoms with Crippen molar-refractivity contribution in [3.63, 3.8) is 0 Å². The van der Waals surface area contributed by atoms with E-state index < -0.39 is 0 Å². The highest BCUT2D eigenvalue weighted by Crippen LogP contribution is 2.27. The van der Waals surface area contributed by atoms with Gasteiger partial charge in [-0.25, -0.2) is 0 Å². The SMILES string of the molecule is OCC1CCCCC1NC1CCC1. The lowest BCUT2D eigenvalue weighted by atomic mass is 9.83. The van der Waals surface area contributed by atoms with E-state index in [2.05, 4.69) is 5.32 Å². The average Bonchev–Trinajstić information content (AvgIpc) is 2.12. The molecule has 76 valence electrons. The number of hydrogen-bond acceptors (Lipinski definition) is 2. The molecule has 2 fully saturated rings. The number of aliphatic hydroxyl groups is 1. The predicted molar refractivity (Wildman–Crippen MR) is 53.6 cm³/mol. The van der Waals surface area contributed by atoms with E-state index in [0.717, 1.165) is 6.04 Å². The first-order valence-corrected chi connectivity index (χ1v) is 5.77. The lowest BCUT2D eigenvalue weighted by Gasteiger charge is -2.37. The summed E-state index contributed by atoms with van der Waals surface area (Å²) in [6.07, 6.45) is 9.27. The van der Waals surface area contributed by atoms with Crippen LogP contribution in [0.4, 0.5) is 0 Å². The van der Waals surface area contributed by atoms with Crippen LogP contribution in [0, 0.1) is 5.92 Å². The third-order valence-corrected chi connectivity index (χ3v) is 3.70. The van der Waals surface area contributed by atoms with Gasteiger partial charge in [0, 0.05) is 18.7 Å². The van der Waals surface area contributed by atoms with E-state index in [4.69, 9.17) is 0 Å². The second-order valence-corrected chi connectivity index (χ2v) is 4.63. The molecule has 13 heavy (non-hydrogen) atoms. The van der Waals surface area contributed by atoms with Crippen molar-refractivity contribution in [1.29, 1.82) is 0 Å². The highest BCUT2D eigenvalue weighted by Gasteiger charge is 2.28. The summed E-state index contributed by atoms with van der Waals surface area (Å²) < 4.78 is 0. The van der Waals surface area contributed by atoms with Crippen LogP contribution in [0.25, 0.3) is 0 Å². The minimum absolute atomic E-state index is 0.379. The zero-order valence-corrected chi connectivity index (χ0v) is 8.34. The topological polar surface area (TPSA) is 32.3 Å². The molecule has 0 aromatic carbocycles. The van der Waals surface area contributed by atoms with Gasteiger partial charge >= 0.3 is 0 Å². The quantitative estimate of drug-likeness (QED) is 0.697. The lowest BCUT2D eigenvalue weighted by Crippen LogP contribution is -2.48. The largest absolute Gasteiger partial charge is 0.396 e. The fourth-order valence-electron chi connectivity index (χ4n) is 2.52. The van der Waals surface area contributed by atoms with Crippen molar-refractivity contribution in [1.82, 2.24) is 5.32 Å². The summed E-state index contributed by atoms with van der Waals surface area (Å²) in [5.41, 5.74) is 0. The van der Waals surface area contributed by atoms with E-state index in [-0.39, 0.29) is 0 Å². The molecule has 2 unspecified atom stereocenters. The summed E-state index contributed by atoms with van der Waals surface area (Å²) in [5.74, 6) is 0.536. The van der Waals surface area contributed by atoms with Crippen LogP contribution in [-0.2, 0) is 0 Å². The number of nitrogens with one attached hydrogen (secondary N) is 1. The van der Waals surface area contributed by atoms with Gasteiger partial charge in [0.1, 0.15) is 0 Å². The molecular formula is C11H21NO. The maximum Gasteiger partial charge on any atom is 0.0474 e. The van der Waals surface area contributed by atoms with Crippen molar-refractivity contribution in [2.45, 2.75) is 57.0 Å². The Morgan fingerprint density at radius 1 is 1.00 bits per heavy atom. The van der Waals surface area contributed by atoms with E-state index >= 15 is 0 Å². The predicted octanol–water partition coefficient (Wildman–Crippen LogP) is 1.68. The number of rotatable bonds is 3. The van der Waals surface area contributed by atoms with Crippen molar-refractivity contribution in [3.05, 3.63) is 0 Å². The first kappa shape index (κ1) is 9.47. The van der Waals surface area contributed by atoms with Crippen molar-refractivity contribution in [3.8, 4) is 0 Å². The molecule has 2 aliphatic rings. The van der Waals surface area contributed by atoms with Crippen molar-refractivity contribution in [2.24, 2.45) is 5.92 Å². The molecule has 0 spiro atoms. The molecule has 0 aromatic rings.